The zero-order chi connectivity index (χ0) is 13.4. The number of nitrogens with one attached hydrogen (secondary N) is 1. The number of thioether (sulfide) groups is 1. The molecular formula is C13H21NO3S. The van der Waals surface area contributed by atoms with Gasteiger partial charge in [-0.2, -0.15) is 11.8 Å². The molecule has 1 aliphatic heterocycles. The number of amides is 1. The number of carbonyl (C=O) groups excluding carboxylic acids is 1. The summed E-state index contributed by atoms with van der Waals surface area (Å²) in [6.45, 7) is 4.20. The molecule has 0 radical (unpaired) electrons. The van der Waals surface area contributed by atoms with Crippen LogP contribution in [0, 0.1) is 11.3 Å². The van der Waals surface area contributed by atoms with Gasteiger partial charge in [0.2, 0.25) is 5.91 Å². The Morgan fingerprint density at radius 1 is 1.33 bits per heavy atom. The van der Waals surface area contributed by atoms with Gasteiger partial charge in [-0.1, -0.05) is 20.3 Å². The molecule has 0 bridgehead atoms. The number of hydrogen-bond acceptors (Lipinski definition) is 3. The molecule has 2 aliphatic rings. The SMILES string of the molecule is CC1(C)CCCC1C(=O)NC1(C(=O)O)CCSC1. The Labute approximate surface area is 112 Å². The maximum Gasteiger partial charge on any atom is 0.330 e. The van der Waals surface area contributed by atoms with E-state index < -0.39 is 11.5 Å². The molecule has 2 atom stereocenters. The molecule has 1 saturated carbocycles. The van der Waals surface area contributed by atoms with Crippen molar-refractivity contribution in [2.24, 2.45) is 11.3 Å². The molecule has 5 heteroatoms. The van der Waals surface area contributed by atoms with Crippen molar-refractivity contribution in [3.8, 4) is 0 Å². The monoisotopic (exact) mass is 271 g/mol. The van der Waals surface area contributed by atoms with Gasteiger partial charge in [-0.25, -0.2) is 4.79 Å². The minimum absolute atomic E-state index is 0.00444. The summed E-state index contributed by atoms with van der Waals surface area (Å²) in [6, 6.07) is 0. The van der Waals surface area contributed by atoms with Crippen molar-refractivity contribution in [1.82, 2.24) is 5.32 Å². The Morgan fingerprint density at radius 3 is 2.50 bits per heavy atom. The Morgan fingerprint density at radius 2 is 2.06 bits per heavy atom. The van der Waals surface area contributed by atoms with Crippen LogP contribution in [0.5, 0.6) is 0 Å². The zero-order valence-electron chi connectivity index (χ0n) is 11.0. The quantitative estimate of drug-likeness (QED) is 0.822. The second-order valence-electron chi connectivity index (χ2n) is 6.11. The van der Waals surface area contributed by atoms with Gasteiger partial charge in [0, 0.05) is 11.7 Å². The minimum atomic E-state index is -1.03. The van der Waals surface area contributed by atoms with Gasteiger partial charge in [0.25, 0.3) is 0 Å². The summed E-state index contributed by atoms with van der Waals surface area (Å²) in [5.74, 6) is 0.292. The summed E-state index contributed by atoms with van der Waals surface area (Å²) in [5.41, 5.74) is -1.03. The molecule has 0 aromatic heterocycles. The number of carboxylic acid groups (broad SMARTS) is 1. The van der Waals surface area contributed by atoms with E-state index in [0.29, 0.717) is 12.2 Å². The predicted molar refractivity (Wildman–Crippen MR) is 71.6 cm³/mol. The van der Waals surface area contributed by atoms with Gasteiger partial charge >= 0.3 is 5.97 Å². The lowest BCUT2D eigenvalue weighted by molar-refractivity contribution is -0.147. The highest BCUT2D eigenvalue weighted by Gasteiger charge is 2.47. The lowest BCUT2D eigenvalue weighted by Gasteiger charge is -2.31. The number of rotatable bonds is 3. The van der Waals surface area contributed by atoms with E-state index in [4.69, 9.17) is 0 Å². The van der Waals surface area contributed by atoms with Crippen molar-refractivity contribution < 1.29 is 14.7 Å². The summed E-state index contributed by atoms with van der Waals surface area (Å²) in [6.07, 6.45) is 3.51. The van der Waals surface area contributed by atoms with Crippen molar-refractivity contribution in [3.05, 3.63) is 0 Å². The summed E-state index contributed by atoms with van der Waals surface area (Å²) < 4.78 is 0. The van der Waals surface area contributed by atoms with E-state index in [2.05, 4.69) is 19.2 Å². The van der Waals surface area contributed by atoms with Crippen molar-refractivity contribution in [3.63, 3.8) is 0 Å². The molecule has 1 saturated heterocycles. The Kier molecular flexibility index (Phi) is 3.63. The summed E-state index contributed by atoms with van der Waals surface area (Å²) >= 11 is 1.60. The molecule has 2 N–H and O–H groups in total. The second-order valence-corrected chi connectivity index (χ2v) is 7.22. The average molecular weight is 271 g/mol. The van der Waals surface area contributed by atoms with E-state index in [-0.39, 0.29) is 17.2 Å². The van der Waals surface area contributed by atoms with Crippen molar-refractivity contribution in [2.75, 3.05) is 11.5 Å². The van der Waals surface area contributed by atoms with Crippen LogP contribution in [0.2, 0.25) is 0 Å². The highest BCUT2D eigenvalue weighted by atomic mass is 32.2. The fourth-order valence-electron chi connectivity index (χ4n) is 3.02. The summed E-state index contributed by atoms with van der Waals surface area (Å²) in [4.78, 5) is 23.8. The Hall–Kier alpha value is -0.710. The number of hydrogen-bond donors (Lipinski definition) is 2. The lowest BCUT2D eigenvalue weighted by atomic mass is 9.81. The van der Waals surface area contributed by atoms with Crippen LogP contribution < -0.4 is 5.32 Å². The molecule has 18 heavy (non-hydrogen) atoms. The van der Waals surface area contributed by atoms with E-state index in [1.807, 2.05) is 0 Å². The van der Waals surface area contributed by atoms with Crippen LogP contribution in [0.1, 0.15) is 39.5 Å². The molecule has 2 rings (SSSR count). The van der Waals surface area contributed by atoms with Gasteiger partial charge < -0.3 is 10.4 Å². The van der Waals surface area contributed by atoms with Gasteiger partial charge in [0.05, 0.1) is 0 Å². The van der Waals surface area contributed by atoms with Gasteiger partial charge in [-0.3, -0.25) is 4.79 Å². The predicted octanol–water partition coefficient (Wildman–Crippen LogP) is 1.89. The van der Waals surface area contributed by atoms with E-state index in [1.165, 1.54) is 0 Å². The first-order valence-corrected chi connectivity index (χ1v) is 7.66. The van der Waals surface area contributed by atoms with E-state index in [0.717, 1.165) is 25.0 Å². The first-order valence-electron chi connectivity index (χ1n) is 6.51. The van der Waals surface area contributed by atoms with Crippen molar-refractivity contribution >= 4 is 23.6 Å². The van der Waals surface area contributed by atoms with Crippen molar-refractivity contribution in [2.45, 2.75) is 45.1 Å². The zero-order valence-corrected chi connectivity index (χ0v) is 11.8. The maximum absolute atomic E-state index is 12.3. The molecule has 0 aromatic carbocycles. The summed E-state index contributed by atoms with van der Waals surface area (Å²) in [7, 11) is 0. The van der Waals surface area contributed by atoms with Crippen LogP contribution in [-0.2, 0) is 9.59 Å². The molecule has 1 heterocycles. The molecular weight excluding hydrogens is 250 g/mol. The third-order valence-corrected chi connectivity index (χ3v) is 5.56. The van der Waals surface area contributed by atoms with Gasteiger partial charge in [0.1, 0.15) is 5.54 Å². The molecule has 2 fully saturated rings. The van der Waals surface area contributed by atoms with Gasteiger partial charge in [0.15, 0.2) is 0 Å². The molecule has 102 valence electrons. The second kappa shape index (κ2) is 4.76. The van der Waals surface area contributed by atoms with Crippen LogP contribution >= 0.6 is 11.8 Å². The first kappa shape index (κ1) is 13.7. The third-order valence-electron chi connectivity index (χ3n) is 4.37. The standard InChI is InChI=1S/C13H21NO3S/c1-12(2)5-3-4-9(12)10(15)14-13(11(16)17)6-7-18-8-13/h9H,3-8H2,1-2H3,(H,14,15)(H,16,17). The molecule has 0 spiro atoms. The smallest absolute Gasteiger partial charge is 0.330 e. The van der Waals surface area contributed by atoms with E-state index in [1.54, 1.807) is 11.8 Å². The highest BCUT2D eigenvalue weighted by Crippen LogP contribution is 2.43. The van der Waals surface area contributed by atoms with Crippen LogP contribution in [-0.4, -0.2) is 34.0 Å². The number of aliphatic carboxylic acids is 1. The Bertz CT molecular complexity index is 361. The van der Waals surface area contributed by atoms with E-state index in [9.17, 15) is 14.7 Å². The fraction of sp³-hybridized carbons (Fsp3) is 0.846. The number of carboxylic acids is 1. The van der Waals surface area contributed by atoms with Crippen LogP contribution in [0.15, 0.2) is 0 Å². The number of carbonyl (C=O) groups is 2. The largest absolute Gasteiger partial charge is 0.479 e. The highest BCUT2D eigenvalue weighted by molar-refractivity contribution is 7.99. The Balaban J connectivity index is 2.08. The van der Waals surface area contributed by atoms with E-state index >= 15 is 0 Å². The van der Waals surface area contributed by atoms with Crippen LogP contribution in [0.4, 0.5) is 0 Å². The van der Waals surface area contributed by atoms with Gasteiger partial charge in [-0.15, -0.1) is 0 Å². The topological polar surface area (TPSA) is 66.4 Å². The van der Waals surface area contributed by atoms with Gasteiger partial charge in [-0.05, 0) is 30.4 Å². The van der Waals surface area contributed by atoms with Crippen LogP contribution in [0.3, 0.4) is 0 Å². The molecule has 1 aliphatic carbocycles. The average Bonchev–Trinajstić information content (AvgIpc) is 2.85. The summed E-state index contributed by atoms with van der Waals surface area (Å²) in [5, 5.41) is 12.2. The maximum atomic E-state index is 12.3. The van der Waals surface area contributed by atoms with Crippen LogP contribution in [0.25, 0.3) is 0 Å². The van der Waals surface area contributed by atoms with Crippen molar-refractivity contribution in [1.29, 1.82) is 0 Å². The first-order chi connectivity index (χ1) is 8.37. The third kappa shape index (κ3) is 2.37. The molecule has 1 amide bonds. The lowest BCUT2D eigenvalue weighted by Crippen LogP contribution is -2.57. The fourth-order valence-corrected chi connectivity index (χ4v) is 4.35. The molecule has 0 aromatic rings. The molecule has 4 nitrogen and oxygen atoms in total. The normalized spacial score (nSPS) is 34.4. The molecule has 2 unspecified atom stereocenters. The minimum Gasteiger partial charge on any atom is -0.479 e.